The number of aliphatic hydroxyl groups excluding tert-OH is 1. The van der Waals surface area contributed by atoms with Crippen LogP contribution < -0.4 is 20.9 Å². The number of alkyl carbamates (subject to hydrolysis) is 1. The molecule has 300 valence electrons. The molecule has 14 heteroatoms. The van der Waals surface area contributed by atoms with Gasteiger partial charge in [0.1, 0.15) is 24.2 Å². The van der Waals surface area contributed by atoms with Gasteiger partial charge in [-0.05, 0) is 98.8 Å². The number of aryl methyl sites for hydroxylation is 1. The summed E-state index contributed by atoms with van der Waals surface area (Å²) in [5.74, 6) is 0.769. The van der Waals surface area contributed by atoms with Gasteiger partial charge in [0.2, 0.25) is 5.56 Å². The maximum atomic E-state index is 13.5. The first-order valence-corrected chi connectivity index (χ1v) is 19.7. The van der Waals surface area contributed by atoms with Gasteiger partial charge in [-0.3, -0.25) is 19.2 Å². The molecule has 3 aliphatic heterocycles. The number of hydrogen-bond donors (Lipinski definition) is 5. The minimum Gasteiger partial charge on any atom is -0.506 e. The fourth-order valence-electron chi connectivity index (χ4n) is 7.88. The van der Waals surface area contributed by atoms with Gasteiger partial charge in [0.05, 0.1) is 23.4 Å². The number of aromatic nitrogens is 3. The summed E-state index contributed by atoms with van der Waals surface area (Å²) in [4.78, 5) is 45.2. The monoisotopic (exact) mass is 777 g/mol. The zero-order valence-electron chi connectivity index (χ0n) is 32.4. The molecule has 3 fully saturated rings. The van der Waals surface area contributed by atoms with Crippen LogP contribution >= 0.6 is 0 Å². The normalized spacial score (nSPS) is 18.5. The van der Waals surface area contributed by atoms with Crippen LogP contribution in [-0.2, 0) is 18.4 Å². The molecule has 2 bridgehead atoms. The average Bonchev–Trinajstić information content (AvgIpc) is 3.61. The van der Waals surface area contributed by atoms with E-state index in [4.69, 9.17) is 9.47 Å². The molecule has 0 unspecified atom stereocenters. The van der Waals surface area contributed by atoms with E-state index in [-0.39, 0.29) is 42.0 Å². The number of aliphatic hydroxyl groups is 1. The van der Waals surface area contributed by atoms with E-state index in [1.807, 2.05) is 61.5 Å². The lowest BCUT2D eigenvalue weighted by molar-refractivity contribution is -0.0336. The first-order valence-electron chi connectivity index (χ1n) is 19.7. The zero-order valence-corrected chi connectivity index (χ0v) is 32.4. The van der Waals surface area contributed by atoms with Crippen LogP contribution in [0.2, 0.25) is 0 Å². The highest BCUT2D eigenvalue weighted by Gasteiger charge is 2.37. The number of carbonyl (C=O) groups is 2. The lowest BCUT2D eigenvalue weighted by Crippen LogP contribution is -2.52. The van der Waals surface area contributed by atoms with Gasteiger partial charge in [0.25, 0.3) is 5.91 Å². The number of ether oxygens (including phenoxy) is 2. The minimum absolute atomic E-state index is 0.0604. The molecule has 2 amide bonds. The van der Waals surface area contributed by atoms with E-state index in [2.05, 4.69) is 25.6 Å². The molecule has 14 nitrogen and oxygen atoms in total. The predicted octanol–water partition coefficient (Wildman–Crippen LogP) is 4.63. The van der Waals surface area contributed by atoms with Crippen molar-refractivity contribution in [3.8, 4) is 11.5 Å². The van der Waals surface area contributed by atoms with E-state index in [0.717, 1.165) is 49.3 Å². The maximum absolute atomic E-state index is 13.5. The Bertz CT molecular complexity index is 2220. The Hall–Kier alpha value is -5.70. The molecule has 57 heavy (non-hydrogen) atoms. The maximum Gasteiger partial charge on any atom is 0.408 e. The summed E-state index contributed by atoms with van der Waals surface area (Å²) < 4.78 is 13.9. The topological polar surface area (TPSA) is 174 Å². The Morgan fingerprint density at radius 2 is 1.81 bits per heavy atom. The third-order valence-electron chi connectivity index (χ3n) is 11.1. The van der Waals surface area contributed by atoms with Crippen LogP contribution in [0.15, 0.2) is 89.7 Å². The fourth-order valence-corrected chi connectivity index (χ4v) is 7.88. The number of phenolic OH excluding ortho intramolecular Hbond substituents is 1. The quantitative estimate of drug-likeness (QED) is 0.0890. The standard InChI is InChI=1S/C43H51N7O7/c1-3-50(20-8-19-44-25-37(52)33-13-15-36(51)41-34(33)14-16-39(53)45-41)42(54)35-24-31(48(2)47-35)27-56-32-12-7-11-30(23-32)40(29-9-5-4-6-10-29)46-43(55)57-38-26-49-21-17-28(38)18-22-49/h4-7,9-16,23-24,28,37-38,40,44,51-52H,3,8,17-22,25-27H2,1-2H3,(H,45,53)(H,46,55)/t37-,38-,40-/m0/s1. The summed E-state index contributed by atoms with van der Waals surface area (Å²) in [5, 5.41) is 32.4. The number of aromatic hydroxyl groups is 1. The number of nitrogens with zero attached hydrogens (tertiary/aromatic N) is 4. The molecular formula is C43H51N7O7. The van der Waals surface area contributed by atoms with Crippen molar-refractivity contribution in [3.05, 3.63) is 123 Å². The molecule has 0 spiro atoms. The van der Waals surface area contributed by atoms with Gasteiger partial charge in [0, 0.05) is 44.7 Å². The number of hydrogen-bond acceptors (Lipinski definition) is 10. The lowest BCUT2D eigenvalue weighted by atomic mass is 9.86. The Morgan fingerprint density at radius 3 is 2.56 bits per heavy atom. The molecule has 0 saturated carbocycles. The van der Waals surface area contributed by atoms with E-state index in [1.54, 1.807) is 34.8 Å². The minimum atomic E-state index is -0.870. The summed E-state index contributed by atoms with van der Waals surface area (Å²) in [6.07, 6.45) is 1.36. The Labute approximate surface area is 331 Å². The molecule has 0 aliphatic carbocycles. The number of rotatable bonds is 16. The van der Waals surface area contributed by atoms with Crippen molar-refractivity contribution in [2.24, 2.45) is 13.0 Å². The van der Waals surface area contributed by atoms with Gasteiger partial charge in [-0.2, -0.15) is 5.10 Å². The number of piperidine rings is 3. The van der Waals surface area contributed by atoms with E-state index in [0.29, 0.717) is 54.4 Å². The Morgan fingerprint density at radius 1 is 1.02 bits per heavy atom. The third-order valence-corrected chi connectivity index (χ3v) is 11.1. The number of aromatic amines is 1. The molecule has 8 rings (SSSR count). The van der Waals surface area contributed by atoms with E-state index < -0.39 is 18.2 Å². The number of H-pyrrole nitrogens is 1. The van der Waals surface area contributed by atoms with Crippen molar-refractivity contribution in [1.29, 1.82) is 0 Å². The van der Waals surface area contributed by atoms with Crippen LogP contribution in [-0.4, -0.2) is 98.7 Å². The summed E-state index contributed by atoms with van der Waals surface area (Å²) >= 11 is 0. The van der Waals surface area contributed by atoms with Crippen LogP contribution in [0.5, 0.6) is 11.5 Å². The molecule has 5 N–H and O–H groups in total. The second-order valence-electron chi connectivity index (χ2n) is 14.8. The molecule has 0 radical (unpaired) electrons. The second-order valence-corrected chi connectivity index (χ2v) is 14.8. The number of amides is 2. The molecule has 3 saturated heterocycles. The van der Waals surface area contributed by atoms with Gasteiger partial charge in [-0.1, -0.05) is 48.5 Å². The summed E-state index contributed by atoms with van der Waals surface area (Å²) in [7, 11) is 1.78. The Balaban J connectivity index is 0.920. The number of fused-ring (bicyclic) bond motifs is 4. The molecule has 3 atom stereocenters. The summed E-state index contributed by atoms with van der Waals surface area (Å²) in [6.45, 7) is 6.81. The van der Waals surface area contributed by atoms with Crippen molar-refractivity contribution < 1.29 is 29.3 Å². The van der Waals surface area contributed by atoms with Gasteiger partial charge in [0.15, 0.2) is 5.69 Å². The Kier molecular flexibility index (Phi) is 12.5. The van der Waals surface area contributed by atoms with E-state index in [9.17, 15) is 24.6 Å². The first kappa shape index (κ1) is 39.5. The summed E-state index contributed by atoms with van der Waals surface area (Å²) in [5.41, 5.74) is 3.35. The van der Waals surface area contributed by atoms with Gasteiger partial charge >= 0.3 is 6.09 Å². The predicted molar refractivity (Wildman–Crippen MR) is 215 cm³/mol. The fraction of sp³-hybridized carbons (Fsp3) is 0.395. The SMILES string of the molecule is CCN(CCCNC[C@H](O)c1ccc(O)c2[nH]c(=O)ccc12)C(=O)c1cc(COc2cccc([C@@H](NC(=O)O[C@H]3CN4CCC3CC4)c3ccccc3)c2)n(C)n1. The van der Waals surface area contributed by atoms with Crippen molar-refractivity contribution in [2.45, 2.75) is 51.0 Å². The molecule has 2 aromatic heterocycles. The van der Waals surface area contributed by atoms with Crippen molar-refractivity contribution in [3.63, 3.8) is 0 Å². The molecular weight excluding hydrogens is 727 g/mol. The highest BCUT2D eigenvalue weighted by Crippen LogP contribution is 2.31. The smallest absolute Gasteiger partial charge is 0.408 e. The largest absolute Gasteiger partial charge is 0.506 e. The second kappa shape index (κ2) is 18.0. The zero-order chi connectivity index (χ0) is 39.9. The highest BCUT2D eigenvalue weighted by molar-refractivity contribution is 5.92. The van der Waals surface area contributed by atoms with Crippen LogP contribution in [0, 0.1) is 5.92 Å². The number of carbonyl (C=O) groups excluding carboxylic acids is 2. The van der Waals surface area contributed by atoms with Gasteiger partial charge < -0.3 is 40.2 Å². The third kappa shape index (κ3) is 9.47. The highest BCUT2D eigenvalue weighted by atomic mass is 16.6. The lowest BCUT2D eigenvalue weighted by Gasteiger charge is -2.43. The van der Waals surface area contributed by atoms with Crippen LogP contribution in [0.4, 0.5) is 4.79 Å². The van der Waals surface area contributed by atoms with E-state index in [1.165, 1.54) is 12.1 Å². The van der Waals surface area contributed by atoms with Crippen LogP contribution in [0.25, 0.3) is 10.9 Å². The average molecular weight is 778 g/mol. The van der Waals surface area contributed by atoms with E-state index >= 15 is 0 Å². The van der Waals surface area contributed by atoms with Crippen molar-refractivity contribution in [1.82, 2.24) is 35.2 Å². The van der Waals surface area contributed by atoms with Crippen molar-refractivity contribution in [2.75, 3.05) is 45.8 Å². The van der Waals surface area contributed by atoms with Crippen LogP contribution in [0.3, 0.4) is 0 Å². The number of nitrogens with one attached hydrogen (secondary N) is 3. The first-order chi connectivity index (χ1) is 27.7. The van der Waals surface area contributed by atoms with Crippen LogP contribution in [0.1, 0.15) is 71.2 Å². The number of phenols is 1. The molecule has 3 aliphatic rings. The summed E-state index contributed by atoms with van der Waals surface area (Å²) in [6, 6.07) is 24.8. The molecule has 5 aromatic rings. The number of benzene rings is 3. The van der Waals surface area contributed by atoms with Gasteiger partial charge in [-0.15, -0.1) is 0 Å². The number of pyridine rings is 1. The molecule has 3 aromatic carbocycles. The van der Waals surface area contributed by atoms with Gasteiger partial charge in [-0.25, -0.2) is 4.79 Å². The molecule has 5 heterocycles. The van der Waals surface area contributed by atoms with Crippen molar-refractivity contribution >= 4 is 22.9 Å².